The summed E-state index contributed by atoms with van der Waals surface area (Å²) >= 11 is 0. The maximum absolute atomic E-state index is 10.3. The van der Waals surface area contributed by atoms with E-state index in [9.17, 15) is 9.59 Å². The molecule has 1 amide bonds. The van der Waals surface area contributed by atoms with Gasteiger partial charge in [0.2, 0.25) is 5.91 Å². The van der Waals surface area contributed by atoms with Crippen LogP contribution in [0.1, 0.15) is 20.3 Å². The van der Waals surface area contributed by atoms with Crippen molar-refractivity contribution >= 4 is 11.9 Å². The molecule has 0 aromatic rings. The minimum absolute atomic E-state index is 0.123. The lowest BCUT2D eigenvalue weighted by atomic mass is 10.1. The Morgan fingerprint density at radius 3 is 2.45 bits per heavy atom. The summed E-state index contributed by atoms with van der Waals surface area (Å²) in [6, 6.07) is 0. The first-order chi connectivity index (χ1) is 5.04. The number of carboxylic acid groups (broad SMARTS) is 1. The highest BCUT2D eigenvalue weighted by Crippen LogP contribution is 1.98. The van der Waals surface area contributed by atoms with Crippen molar-refractivity contribution in [2.75, 3.05) is 6.54 Å². The molecule has 0 spiro atoms. The van der Waals surface area contributed by atoms with Crippen LogP contribution in [0.3, 0.4) is 0 Å². The summed E-state index contributed by atoms with van der Waals surface area (Å²) in [7, 11) is 0. The van der Waals surface area contributed by atoms with Crippen LogP contribution in [0.2, 0.25) is 0 Å². The average molecular weight is 159 g/mol. The van der Waals surface area contributed by atoms with Crippen molar-refractivity contribution < 1.29 is 14.7 Å². The van der Waals surface area contributed by atoms with E-state index in [1.54, 1.807) is 6.92 Å². The first-order valence-corrected chi connectivity index (χ1v) is 3.51. The van der Waals surface area contributed by atoms with Gasteiger partial charge in [0.1, 0.15) is 0 Å². The van der Waals surface area contributed by atoms with E-state index >= 15 is 0 Å². The molecule has 0 heterocycles. The van der Waals surface area contributed by atoms with Crippen molar-refractivity contribution in [1.82, 2.24) is 5.32 Å². The summed E-state index contributed by atoms with van der Waals surface area (Å²) in [5, 5.41) is 11.0. The minimum Gasteiger partial charge on any atom is -0.481 e. The van der Waals surface area contributed by atoms with Gasteiger partial charge >= 0.3 is 5.97 Å². The Kier molecular flexibility index (Phi) is 4.26. The van der Waals surface area contributed by atoms with Gasteiger partial charge in [0.15, 0.2) is 0 Å². The lowest BCUT2D eigenvalue weighted by molar-refractivity contribution is -0.141. The standard InChI is InChI=1S/C7H13NO3/c1-5(7(10)11)3-4-8-6(2)9/h5H,3-4H2,1-2H3,(H,8,9)(H,10,11)/t5-/m1/s1. The summed E-state index contributed by atoms with van der Waals surface area (Å²) in [6.45, 7) is 3.46. The zero-order chi connectivity index (χ0) is 8.85. The maximum atomic E-state index is 10.3. The van der Waals surface area contributed by atoms with Crippen LogP contribution in [0.5, 0.6) is 0 Å². The zero-order valence-electron chi connectivity index (χ0n) is 6.76. The Bertz CT molecular complexity index is 156. The third-order valence-electron chi connectivity index (χ3n) is 1.37. The van der Waals surface area contributed by atoms with E-state index < -0.39 is 5.97 Å². The van der Waals surface area contributed by atoms with Gasteiger partial charge in [-0.15, -0.1) is 0 Å². The van der Waals surface area contributed by atoms with Crippen molar-refractivity contribution in [3.8, 4) is 0 Å². The van der Waals surface area contributed by atoms with Crippen LogP contribution in [0, 0.1) is 5.92 Å². The van der Waals surface area contributed by atoms with E-state index in [1.165, 1.54) is 6.92 Å². The molecule has 0 aromatic heterocycles. The van der Waals surface area contributed by atoms with E-state index in [1.807, 2.05) is 0 Å². The SMILES string of the molecule is CC(=O)NCC[C@@H](C)C(=O)O. The molecule has 64 valence electrons. The summed E-state index contributed by atoms with van der Waals surface area (Å²) in [6.07, 6.45) is 0.481. The van der Waals surface area contributed by atoms with Crippen LogP contribution in [-0.2, 0) is 9.59 Å². The molecule has 0 aliphatic rings. The maximum Gasteiger partial charge on any atom is 0.306 e. The van der Waals surface area contributed by atoms with Gasteiger partial charge < -0.3 is 10.4 Å². The van der Waals surface area contributed by atoms with Gasteiger partial charge in [-0.05, 0) is 6.42 Å². The molecule has 2 N–H and O–H groups in total. The molecule has 0 aliphatic carbocycles. The number of aliphatic carboxylic acids is 1. The number of carbonyl (C=O) groups excluding carboxylic acids is 1. The second kappa shape index (κ2) is 4.71. The molecule has 0 bridgehead atoms. The molecule has 0 saturated heterocycles. The molecule has 0 rings (SSSR count). The normalized spacial score (nSPS) is 12.2. The monoisotopic (exact) mass is 159 g/mol. The summed E-state index contributed by atoms with van der Waals surface area (Å²) in [5.41, 5.74) is 0. The van der Waals surface area contributed by atoms with E-state index in [4.69, 9.17) is 5.11 Å². The first-order valence-electron chi connectivity index (χ1n) is 3.51. The predicted octanol–water partition coefficient (Wildman–Crippen LogP) is 0.233. The van der Waals surface area contributed by atoms with Crippen LogP contribution < -0.4 is 5.32 Å². The van der Waals surface area contributed by atoms with Gasteiger partial charge in [-0.2, -0.15) is 0 Å². The number of carbonyl (C=O) groups is 2. The highest BCUT2D eigenvalue weighted by atomic mass is 16.4. The number of nitrogens with one attached hydrogen (secondary N) is 1. The third kappa shape index (κ3) is 5.39. The molecule has 0 radical (unpaired) electrons. The van der Waals surface area contributed by atoms with E-state index in [2.05, 4.69) is 5.32 Å². The van der Waals surface area contributed by atoms with Gasteiger partial charge in [-0.25, -0.2) is 0 Å². The zero-order valence-corrected chi connectivity index (χ0v) is 6.76. The van der Waals surface area contributed by atoms with Crippen LogP contribution in [0.4, 0.5) is 0 Å². The molecule has 0 aromatic carbocycles. The molecule has 0 unspecified atom stereocenters. The molecular weight excluding hydrogens is 146 g/mol. The number of hydrogen-bond donors (Lipinski definition) is 2. The molecule has 0 saturated carbocycles. The lowest BCUT2D eigenvalue weighted by Crippen LogP contribution is -2.24. The van der Waals surface area contributed by atoms with Gasteiger partial charge in [-0.3, -0.25) is 9.59 Å². The molecule has 4 nitrogen and oxygen atoms in total. The largest absolute Gasteiger partial charge is 0.481 e. The highest BCUT2D eigenvalue weighted by molar-refractivity contribution is 5.73. The molecule has 0 aliphatic heterocycles. The summed E-state index contributed by atoms with van der Waals surface area (Å²) < 4.78 is 0. The minimum atomic E-state index is -0.824. The molecule has 0 fully saturated rings. The smallest absolute Gasteiger partial charge is 0.306 e. The van der Waals surface area contributed by atoms with Crippen molar-refractivity contribution in [2.45, 2.75) is 20.3 Å². The van der Waals surface area contributed by atoms with Gasteiger partial charge in [0.25, 0.3) is 0 Å². The summed E-state index contributed by atoms with van der Waals surface area (Å²) in [5.74, 6) is -1.33. The summed E-state index contributed by atoms with van der Waals surface area (Å²) in [4.78, 5) is 20.6. The fourth-order valence-electron chi connectivity index (χ4n) is 0.588. The molecule has 1 atom stereocenters. The van der Waals surface area contributed by atoms with E-state index in [0.29, 0.717) is 13.0 Å². The predicted molar refractivity (Wildman–Crippen MR) is 40.1 cm³/mol. The van der Waals surface area contributed by atoms with Crippen molar-refractivity contribution in [3.05, 3.63) is 0 Å². The topological polar surface area (TPSA) is 66.4 Å². The van der Waals surface area contributed by atoms with Crippen molar-refractivity contribution in [3.63, 3.8) is 0 Å². The quantitative estimate of drug-likeness (QED) is 0.617. The number of rotatable bonds is 4. The Morgan fingerprint density at radius 1 is 1.55 bits per heavy atom. The average Bonchev–Trinajstić information content (AvgIpc) is 1.86. The molecule has 11 heavy (non-hydrogen) atoms. The van der Waals surface area contributed by atoms with Gasteiger partial charge in [0.05, 0.1) is 5.92 Å². The Balaban J connectivity index is 3.39. The van der Waals surface area contributed by atoms with E-state index in [0.717, 1.165) is 0 Å². The second-order valence-electron chi connectivity index (χ2n) is 2.51. The molecule has 4 heteroatoms. The second-order valence-corrected chi connectivity index (χ2v) is 2.51. The number of hydrogen-bond acceptors (Lipinski definition) is 2. The Morgan fingerprint density at radius 2 is 2.09 bits per heavy atom. The fraction of sp³-hybridized carbons (Fsp3) is 0.714. The van der Waals surface area contributed by atoms with Crippen molar-refractivity contribution in [2.24, 2.45) is 5.92 Å². The Hall–Kier alpha value is -1.06. The molecular formula is C7H13NO3. The van der Waals surface area contributed by atoms with Crippen LogP contribution in [-0.4, -0.2) is 23.5 Å². The van der Waals surface area contributed by atoms with E-state index in [-0.39, 0.29) is 11.8 Å². The van der Waals surface area contributed by atoms with Gasteiger partial charge in [-0.1, -0.05) is 6.92 Å². The van der Waals surface area contributed by atoms with Crippen LogP contribution in [0.15, 0.2) is 0 Å². The Labute approximate surface area is 65.6 Å². The highest BCUT2D eigenvalue weighted by Gasteiger charge is 2.09. The number of carboxylic acids is 1. The fourth-order valence-corrected chi connectivity index (χ4v) is 0.588. The lowest BCUT2D eigenvalue weighted by Gasteiger charge is -2.05. The van der Waals surface area contributed by atoms with Crippen LogP contribution >= 0.6 is 0 Å². The third-order valence-corrected chi connectivity index (χ3v) is 1.37. The number of amides is 1. The first kappa shape index (κ1) is 9.94. The van der Waals surface area contributed by atoms with Crippen LogP contribution in [0.25, 0.3) is 0 Å². The van der Waals surface area contributed by atoms with Crippen molar-refractivity contribution in [1.29, 1.82) is 0 Å². The van der Waals surface area contributed by atoms with Gasteiger partial charge in [0, 0.05) is 13.5 Å².